The van der Waals surface area contributed by atoms with Gasteiger partial charge in [0, 0.05) is 62.3 Å². The number of H-pyrrole nitrogens is 1. The molecule has 7 nitrogen and oxygen atoms in total. The number of carbonyl (C=O) groups excluding carboxylic acids is 2. The fraction of sp³-hybridized carbons (Fsp3) is 0.375. The molecule has 3 aliphatic rings. The predicted octanol–water partition coefficient (Wildman–Crippen LogP) is 6.34. The van der Waals surface area contributed by atoms with E-state index in [-0.39, 0.29) is 17.6 Å². The Bertz CT molecular complexity index is 1600. The van der Waals surface area contributed by atoms with Crippen molar-refractivity contribution in [3.05, 3.63) is 80.1 Å². The largest absolute Gasteiger partial charge is 0.358 e. The maximum Gasteiger partial charge on any atom is 0.256 e. The Balaban J connectivity index is 1.28. The van der Waals surface area contributed by atoms with Crippen molar-refractivity contribution >= 4 is 63.2 Å². The van der Waals surface area contributed by atoms with Crippen LogP contribution in [0.2, 0.25) is 10.0 Å². The molecule has 2 aromatic carbocycles. The van der Waals surface area contributed by atoms with E-state index in [1.165, 1.54) is 12.8 Å². The minimum atomic E-state index is -1.44. The maximum atomic E-state index is 13.9. The molecule has 0 radical (unpaired) electrons. The van der Waals surface area contributed by atoms with Crippen molar-refractivity contribution in [3.8, 4) is 0 Å². The molecular formula is C32H34Cl2N4O3S. The first-order valence-corrected chi connectivity index (χ1v) is 16.5. The van der Waals surface area contributed by atoms with Crippen LogP contribution in [-0.4, -0.2) is 51.6 Å². The first kappa shape index (κ1) is 29.2. The van der Waals surface area contributed by atoms with Crippen molar-refractivity contribution in [2.75, 3.05) is 25.0 Å². The molecule has 2 amide bonds. The average Bonchev–Trinajstić information content (AvgIpc) is 3.39. The van der Waals surface area contributed by atoms with Gasteiger partial charge >= 0.3 is 0 Å². The first-order chi connectivity index (χ1) is 20.2. The van der Waals surface area contributed by atoms with Crippen LogP contribution in [0.25, 0.3) is 11.6 Å². The van der Waals surface area contributed by atoms with Gasteiger partial charge in [-0.25, -0.2) is 0 Å². The van der Waals surface area contributed by atoms with E-state index in [9.17, 15) is 13.8 Å². The van der Waals surface area contributed by atoms with E-state index in [4.69, 9.17) is 23.2 Å². The van der Waals surface area contributed by atoms with E-state index in [0.717, 1.165) is 37.2 Å². The lowest BCUT2D eigenvalue weighted by Gasteiger charge is -2.26. The van der Waals surface area contributed by atoms with Crippen LogP contribution in [0.15, 0.2) is 41.3 Å². The van der Waals surface area contributed by atoms with Gasteiger partial charge in [-0.05, 0) is 94.0 Å². The highest BCUT2D eigenvalue weighted by atomic mass is 35.5. The SMILES string of the molecule is Cc1[nH]c(/C=C2\C(=O)Nc3ccc(S(=O)Cc4c(Cl)cccc4Cl)cc32)c(C)c1C(=O)N(CC1CC1)C[C@H]1CCCN1. The Kier molecular flexibility index (Phi) is 8.33. The fourth-order valence-corrected chi connectivity index (χ4v) is 7.81. The molecule has 3 aromatic rings. The number of rotatable bonds is 9. The smallest absolute Gasteiger partial charge is 0.256 e. The van der Waals surface area contributed by atoms with Crippen molar-refractivity contribution in [2.24, 2.45) is 5.92 Å². The first-order valence-electron chi connectivity index (χ1n) is 14.4. The van der Waals surface area contributed by atoms with Crippen LogP contribution in [0.3, 0.4) is 0 Å². The van der Waals surface area contributed by atoms with Gasteiger partial charge in [0.1, 0.15) is 0 Å². The molecule has 2 atom stereocenters. The number of hydrogen-bond acceptors (Lipinski definition) is 4. The zero-order valence-electron chi connectivity index (χ0n) is 23.7. The van der Waals surface area contributed by atoms with E-state index < -0.39 is 10.8 Å². The fourth-order valence-electron chi connectivity index (χ4n) is 5.91. The molecule has 3 N–H and O–H groups in total. The molecule has 1 saturated heterocycles. The van der Waals surface area contributed by atoms with Crippen molar-refractivity contribution in [2.45, 2.75) is 56.2 Å². The summed E-state index contributed by atoms with van der Waals surface area (Å²) in [5.74, 6) is 0.540. The highest BCUT2D eigenvalue weighted by Gasteiger charge is 2.32. The van der Waals surface area contributed by atoms with Crippen LogP contribution in [-0.2, 0) is 21.3 Å². The molecule has 1 saturated carbocycles. The number of aryl methyl sites for hydroxylation is 1. The topological polar surface area (TPSA) is 94.3 Å². The van der Waals surface area contributed by atoms with E-state index in [1.54, 1.807) is 42.5 Å². The summed E-state index contributed by atoms with van der Waals surface area (Å²) in [7, 11) is -1.44. The number of anilines is 1. The molecule has 1 unspecified atom stereocenters. The van der Waals surface area contributed by atoms with Gasteiger partial charge in [-0.3, -0.25) is 13.8 Å². The molecule has 6 rings (SSSR count). The minimum absolute atomic E-state index is 0.0405. The van der Waals surface area contributed by atoms with E-state index in [1.807, 2.05) is 18.7 Å². The Labute approximate surface area is 258 Å². The van der Waals surface area contributed by atoms with Gasteiger partial charge in [0.2, 0.25) is 0 Å². The molecule has 42 heavy (non-hydrogen) atoms. The third-order valence-electron chi connectivity index (χ3n) is 8.42. The number of amides is 2. The van der Waals surface area contributed by atoms with Crippen LogP contribution in [0.4, 0.5) is 5.69 Å². The van der Waals surface area contributed by atoms with Crippen molar-refractivity contribution < 1.29 is 13.8 Å². The molecule has 0 bridgehead atoms. The second-order valence-electron chi connectivity index (χ2n) is 11.5. The number of halogens is 2. The predicted molar refractivity (Wildman–Crippen MR) is 169 cm³/mol. The number of nitrogens with one attached hydrogen (secondary N) is 3. The van der Waals surface area contributed by atoms with Crippen LogP contribution in [0, 0.1) is 19.8 Å². The zero-order valence-corrected chi connectivity index (χ0v) is 26.0. The molecule has 10 heteroatoms. The van der Waals surface area contributed by atoms with Crippen LogP contribution < -0.4 is 10.6 Å². The number of fused-ring (bicyclic) bond motifs is 1. The molecule has 2 aliphatic heterocycles. The van der Waals surface area contributed by atoms with E-state index in [0.29, 0.717) is 67.1 Å². The van der Waals surface area contributed by atoms with Crippen LogP contribution >= 0.6 is 23.2 Å². The van der Waals surface area contributed by atoms with Gasteiger partial charge in [0.05, 0.1) is 27.7 Å². The third-order valence-corrected chi connectivity index (χ3v) is 10.5. The lowest BCUT2D eigenvalue weighted by atomic mass is 10.0. The normalized spacial score (nSPS) is 19.7. The van der Waals surface area contributed by atoms with Gasteiger partial charge in [0.25, 0.3) is 11.8 Å². The van der Waals surface area contributed by atoms with Gasteiger partial charge in [-0.1, -0.05) is 29.3 Å². The summed E-state index contributed by atoms with van der Waals surface area (Å²) in [6.07, 6.45) is 6.38. The molecular weight excluding hydrogens is 591 g/mol. The standard InChI is InChI=1S/C32H34Cl2N4O3S/c1-18-29(36-19(2)30(18)32(40)38(15-20-8-9-20)16-21-5-4-12-35-21)14-24-23-13-22(10-11-28(23)37-31(24)39)42(41)17-25-26(33)6-3-7-27(25)34/h3,6-7,10-11,13-14,20-21,35-36H,4-5,8-9,12,15-17H2,1-2H3,(H,37,39)/b24-14-/t21-,42?/m1/s1. The average molecular weight is 626 g/mol. The number of benzene rings is 2. The minimum Gasteiger partial charge on any atom is -0.358 e. The lowest BCUT2D eigenvalue weighted by molar-refractivity contribution is -0.110. The summed E-state index contributed by atoms with van der Waals surface area (Å²) in [5, 5.41) is 7.36. The Morgan fingerprint density at radius 3 is 2.55 bits per heavy atom. The number of hydrogen-bond donors (Lipinski definition) is 3. The number of aromatic nitrogens is 1. The summed E-state index contributed by atoms with van der Waals surface area (Å²) in [6, 6.07) is 10.8. The van der Waals surface area contributed by atoms with Crippen molar-refractivity contribution in [1.82, 2.24) is 15.2 Å². The Morgan fingerprint density at radius 1 is 1.10 bits per heavy atom. The Morgan fingerprint density at radius 2 is 1.86 bits per heavy atom. The molecule has 1 aromatic heterocycles. The summed E-state index contributed by atoms with van der Waals surface area (Å²) in [5.41, 5.74) is 5.39. The third kappa shape index (κ3) is 5.95. The highest BCUT2D eigenvalue weighted by molar-refractivity contribution is 7.84. The van der Waals surface area contributed by atoms with Crippen molar-refractivity contribution in [1.29, 1.82) is 0 Å². The molecule has 1 aliphatic carbocycles. The molecule has 220 valence electrons. The molecule has 0 spiro atoms. The van der Waals surface area contributed by atoms with Crippen LogP contribution in [0.5, 0.6) is 0 Å². The van der Waals surface area contributed by atoms with Gasteiger partial charge < -0.3 is 20.5 Å². The van der Waals surface area contributed by atoms with Gasteiger partial charge in [-0.2, -0.15) is 0 Å². The van der Waals surface area contributed by atoms with E-state index >= 15 is 0 Å². The Hall–Kier alpha value is -2.91. The lowest BCUT2D eigenvalue weighted by Crippen LogP contribution is -2.42. The molecule has 3 heterocycles. The maximum absolute atomic E-state index is 13.9. The second kappa shape index (κ2) is 12.0. The summed E-state index contributed by atoms with van der Waals surface area (Å²) in [4.78, 5) is 32.9. The summed E-state index contributed by atoms with van der Waals surface area (Å²) >= 11 is 12.6. The van der Waals surface area contributed by atoms with Gasteiger partial charge in [0.15, 0.2) is 0 Å². The zero-order chi connectivity index (χ0) is 29.5. The molecule has 2 fully saturated rings. The monoisotopic (exact) mass is 624 g/mol. The van der Waals surface area contributed by atoms with E-state index in [2.05, 4.69) is 15.6 Å². The van der Waals surface area contributed by atoms with Crippen LogP contribution in [0.1, 0.15) is 64.1 Å². The number of carbonyl (C=O) groups is 2. The number of nitrogens with zero attached hydrogens (tertiary/aromatic N) is 1. The van der Waals surface area contributed by atoms with Gasteiger partial charge in [-0.15, -0.1) is 0 Å². The summed E-state index contributed by atoms with van der Waals surface area (Å²) in [6.45, 7) is 6.34. The highest BCUT2D eigenvalue weighted by Crippen LogP contribution is 2.37. The van der Waals surface area contributed by atoms with Crippen molar-refractivity contribution in [3.63, 3.8) is 0 Å². The second-order valence-corrected chi connectivity index (χ2v) is 13.8. The summed E-state index contributed by atoms with van der Waals surface area (Å²) < 4.78 is 13.3. The quantitative estimate of drug-likeness (QED) is 0.242. The number of aromatic amines is 1.